The standard InChI is InChI=1S/C9H2Cl2F6O/c10-5-2-4(8(12,13)14)6(11)1-3(5)7(18)9(15,16)17/h1-2H. The van der Waals surface area contributed by atoms with Gasteiger partial charge in [-0.15, -0.1) is 0 Å². The predicted octanol–water partition coefficient (Wildman–Crippen LogP) is 4.76. The van der Waals surface area contributed by atoms with Crippen LogP contribution in [0.1, 0.15) is 15.9 Å². The van der Waals surface area contributed by atoms with Crippen molar-refractivity contribution < 1.29 is 31.1 Å². The second-order valence-corrected chi connectivity index (χ2v) is 3.95. The molecule has 9 heteroatoms. The molecule has 0 atom stereocenters. The lowest BCUT2D eigenvalue weighted by Crippen LogP contribution is -2.23. The molecule has 0 amide bonds. The monoisotopic (exact) mass is 310 g/mol. The molecule has 0 bridgehead atoms. The molecule has 1 aromatic rings. The minimum absolute atomic E-state index is 0.183. The first-order valence-electron chi connectivity index (χ1n) is 4.12. The summed E-state index contributed by atoms with van der Waals surface area (Å²) in [6.07, 6.45) is -10.1. The van der Waals surface area contributed by atoms with Crippen LogP contribution in [-0.2, 0) is 6.18 Å². The van der Waals surface area contributed by atoms with E-state index in [2.05, 4.69) is 0 Å². The van der Waals surface area contributed by atoms with E-state index in [9.17, 15) is 31.1 Å². The van der Waals surface area contributed by atoms with Crippen LogP contribution in [0.5, 0.6) is 0 Å². The van der Waals surface area contributed by atoms with Crippen LogP contribution in [0.3, 0.4) is 0 Å². The summed E-state index contributed by atoms with van der Waals surface area (Å²) >= 11 is 10.4. The van der Waals surface area contributed by atoms with Crippen LogP contribution in [-0.4, -0.2) is 12.0 Å². The van der Waals surface area contributed by atoms with Gasteiger partial charge in [-0.25, -0.2) is 0 Å². The Morgan fingerprint density at radius 2 is 1.44 bits per heavy atom. The van der Waals surface area contributed by atoms with Crippen molar-refractivity contribution in [3.63, 3.8) is 0 Å². The predicted molar refractivity (Wildman–Crippen MR) is 51.8 cm³/mol. The number of rotatable bonds is 1. The van der Waals surface area contributed by atoms with E-state index in [-0.39, 0.29) is 12.1 Å². The van der Waals surface area contributed by atoms with Gasteiger partial charge >= 0.3 is 12.4 Å². The van der Waals surface area contributed by atoms with E-state index in [1.165, 1.54) is 0 Å². The maximum Gasteiger partial charge on any atom is 0.454 e. The Kier molecular flexibility index (Phi) is 3.88. The summed E-state index contributed by atoms with van der Waals surface area (Å²) in [6.45, 7) is 0. The number of hydrogen-bond acceptors (Lipinski definition) is 1. The summed E-state index contributed by atoms with van der Waals surface area (Å²) in [5.74, 6) is -2.36. The second kappa shape index (κ2) is 4.62. The quantitative estimate of drug-likeness (QED) is 0.540. The van der Waals surface area contributed by atoms with Gasteiger partial charge in [0.15, 0.2) is 0 Å². The van der Waals surface area contributed by atoms with Gasteiger partial charge in [-0.1, -0.05) is 23.2 Å². The molecule has 0 N–H and O–H groups in total. The van der Waals surface area contributed by atoms with E-state index in [4.69, 9.17) is 23.2 Å². The van der Waals surface area contributed by atoms with Gasteiger partial charge < -0.3 is 0 Å². The first-order chi connectivity index (χ1) is 7.94. The molecule has 1 rings (SSSR count). The van der Waals surface area contributed by atoms with Gasteiger partial charge in [-0.05, 0) is 12.1 Å². The fourth-order valence-electron chi connectivity index (χ4n) is 1.09. The van der Waals surface area contributed by atoms with E-state index in [0.29, 0.717) is 0 Å². The fourth-order valence-corrected chi connectivity index (χ4v) is 1.61. The molecule has 0 aliphatic carbocycles. The van der Waals surface area contributed by atoms with Crippen molar-refractivity contribution in [3.8, 4) is 0 Å². The number of benzene rings is 1. The molecular formula is C9H2Cl2F6O. The number of ketones is 1. The van der Waals surface area contributed by atoms with Crippen molar-refractivity contribution in [1.29, 1.82) is 0 Å². The molecule has 0 fully saturated rings. The number of carbonyl (C=O) groups excluding carboxylic acids is 1. The topological polar surface area (TPSA) is 17.1 Å². The lowest BCUT2D eigenvalue weighted by atomic mass is 10.1. The van der Waals surface area contributed by atoms with E-state index in [0.717, 1.165) is 0 Å². The number of halogens is 8. The van der Waals surface area contributed by atoms with E-state index >= 15 is 0 Å². The highest BCUT2D eigenvalue weighted by molar-refractivity contribution is 6.36. The van der Waals surface area contributed by atoms with Crippen LogP contribution in [0.15, 0.2) is 12.1 Å². The van der Waals surface area contributed by atoms with Gasteiger partial charge in [-0.3, -0.25) is 4.79 Å². The first kappa shape index (κ1) is 15.1. The summed E-state index contributed by atoms with van der Waals surface area (Å²) in [7, 11) is 0. The molecule has 1 nitrogen and oxygen atoms in total. The normalized spacial score (nSPS) is 12.7. The van der Waals surface area contributed by atoms with Crippen LogP contribution < -0.4 is 0 Å². The second-order valence-electron chi connectivity index (χ2n) is 3.14. The maximum absolute atomic E-state index is 12.3. The van der Waals surface area contributed by atoms with E-state index in [1.54, 1.807) is 0 Å². The molecule has 0 aliphatic rings. The number of carbonyl (C=O) groups is 1. The highest BCUT2D eigenvalue weighted by Crippen LogP contribution is 2.38. The Morgan fingerprint density at radius 3 is 1.83 bits per heavy atom. The van der Waals surface area contributed by atoms with Gasteiger partial charge in [0.2, 0.25) is 0 Å². The van der Waals surface area contributed by atoms with Crippen LogP contribution in [0.25, 0.3) is 0 Å². The third-order valence-electron chi connectivity index (χ3n) is 1.86. The fraction of sp³-hybridized carbons (Fsp3) is 0.222. The average Bonchev–Trinajstić information content (AvgIpc) is 2.16. The largest absolute Gasteiger partial charge is 0.454 e. The Labute approximate surface area is 106 Å². The maximum atomic E-state index is 12.3. The zero-order valence-electron chi connectivity index (χ0n) is 8.09. The average molecular weight is 311 g/mol. The van der Waals surface area contributed by atoms with Gasteiger partial charge in [0.1, 0.15) is 0 Å². The molecule has 0 unspecified atom stereocenters. The van der Waals surface area contributed by atoms with Crippen molar-refractivity contribution in [3.05, 3.63) is 33.3 Å². The van der Waals surface area contributed by atoms with Crippen molar-refractivity contribution in [2.45, 2.75) is 12.4 Å². The number of Topliss-reactive ketones (excluding diaryl/α,β-unsaturated/α-hetero) is 1. The Hall–Kier alpha value is -0.950. The van der Waals surface area contributed by atoms with Gasteiger partial charge in [0, 0.05) is 5.56 Å². The smallest absolute Gasteiger partial charge is 0.284 e. The van der Waals surface area contributed by atoms with E-state index in [1.807, 2.05) is 0 Å². The minimum atomic E-state index is -5.24. The van der Waals surface area contributed by atoms with Crippen molar-refractivity contribution in [1.82, 2.24) is 0 Å². The Balaban J connectivity index is 3.37. The molecule has 0 heterocycles. The SMILES string of the molecule is O=C(c1cc(Cl)c(C(F)(F)F)cc1Cl)C(F)(F)F. The number of alkyl halides is 6. The summed E-state index contributed by atoms with van der Waals surface area (Å²) in [5.41, 5.74) is -2.53. The van der Waals surface area contributed by atoms with E-state index < -0.39 is 39.3 Å². The highest BCUT2D eigenvalue weighted by atomic mass is 35.5. The summed E-state index contributed by atoms with van der Waals surface area (Å²) in [6, 6.07) is 0.436. The lowest BCUT2D eigenvalue weighted by molar-refractivity contribution is -0.137. The summed E-state index contributed by atoms with van der Waals surface area (Å²) in [5, 5.41) is -1.99. The zero-order valence-corrected chi connectivity index (χ0v) is 9.60. The van der Waals surface area contributed by atoms with Crippen LogP contribution in [0.4, 0.5) is 26.3 Å². The highest BCUT2D eigenvalue weighted by Gasteiger charge is 2.42. The van der Waals surface area contributed by atoms with Crippen molar-refractivity contribution in [2.24, 2.45) is 0 Å². The van der Waals surface area contributed by atoms with Crippen LogP contribution >= 0.6 is 23.2 Å². The Morgan fingerprint density at radius 1 is 0.944 bits per heavy atom. The molecule has 100 valence electrons. The molecule has 18 heavy (non-hydrogen) atoms. The first-order valence-corrected chi connectivity index (χ1v) is 4.88. The molecule has 0 radical (unpaired) electrons. The molecule has 0 saturated carbocycles. The molecule has 1 aromatic carbocycles. The molecule has 0 aliphatic heterocycles. The summed E-state index contributed by atoms with van der Waals surface area (Å²) in [4.78, 5) is 10.9. The zero-order chi connectivity index (χ0) is 14.3. The third kappa shape index (κ3) is 3.08. The van der Waals surface area contributed by atoms with Crippen molar-refractivity contribution in [2.75, 3.05) is 0 Å². The Bertz CT molecular complexity index is 491. The van der Waals surface area contributed by atoms with Crippen LogP contribution in [0, 0.1) is 0 Å². The van der Waals surface area contributed by atoms with Crippen LogP contribution in [0.2, 0.25) is 10.0 Å². The molecule has 0 saturated heterocycles. The molecular weight excluding hydrogens is 309 g/mol. The minimum Gasteiger partial charge on any atom is -0.284 e. The molecule has 0 spiro atoms. The van der Waals surface area contributed by atoms with Crippen molar-refractivity contribution >= 4 is 29.0 Å². The summed E-state index contributed by atoms with van der Waals surface area (Å²) < 4.78 is 73.4. The van der Waals surface area contributed by atoms with Gasteiger partial charge in [0.25, 0.3) is 5.78 Å². The number of hydrogen-bond donors (Lipinski definition) is 0. The van der Waals surface area contributed by atoms with Gasteiger partial charge in [-0.2, -0.15) is 26.3 Å². The van der Waals surface area contributed by atoms with Gasteiger partial charge in [0.05, 0.1) is 15.6 Å². The lowest BCUT2D eigenvalue weighted by Gasteiger charge is -2.12. The third-order valence-corrected chi connectivity index (χ3v) is 2.49. The molecule has 0 aromatic heterocycles.